The van der Waals surface area contributed by atoms with Crippen molar-refractivity contribution in [2.45, 2.75) is 13.3 Å². The molecule has 1 heterocycles. The highest BCUT2D eigenvalue weighted by Gasteiger charge is 2.13. The maximum Gasteiger partial charge on any atom is 0.253 e. The lowest BCUT2D eigenvalue weighted by Gasteiger charge is -2.09. The van der Waals surface area contributed by atoms with Crippen LogP contribution in [0.25, 0.3) is 22.2 Å². The normalized spacial score (nSPS) is 10.8. The molecule has 0 spiro atoms. The Bertz CT molecular complexity index is 892. The molecule has 0 aliphatic heterocycles. The molecule has 24 heavy (non-hydrogen) atoms. The van der Waals surface area contributed by atoms with Gasteiger partial charge < -0.3 is 4.74 Å². The number of benzene rings is 2. The zero-order valence-corrected chi connectivity index (χ0v) is 14.6. The van der Waals surface area contributed by atoms with Crippen molar-refractivity contribution in [3.63, 3.8) is 0 Å². The lowest BCUT2D eigenvalue weighted by Crippen LogP contribution is -1.97. The molecule has 3 aromatic rings. The molecule has 0 fully saturated rings. The first-order valence-corrected chi connectivity index (χ1v) is 8.37. The first kappa shape index (κ1) is 16.7. The fourth-order valence-corrected chi connectivity index (χ4v) is 2.78. The molecule has 3 nitrogen and oxygen atoms in total. The first-order valence-electron chi connectivity index (χ1n) is 7.62. The average molecular weight is 360 g/mol. The third kappa shape index (κ3) is 3.53. The summed E-state index contributed by atoms with van der Waals surface area (Å²) in [5.74, 6) is 0.807. The molecular weight excluding hydrogens is 345 g/mol. The molecule has 3 rings (SSSR count). The van der Waals surface area contributed by atoms with Crippen molar-refractivity contribution in [3.05, 3.63) is 59.1 Å². The molecule has 5 heteroatoms. The SMILES string of the molecule is CCCOc1ccc(-c2cc(C(=O)Cl)c3cc(Cl)ccc3n2)cc1. The Kier molecular flexibility index (Phi) is 5.03. The second-order valence-electron chi connectivity index (χ2n) is 5.36. The summed E-state index contributed by atoms with van der Waals surface area (Å²) >= 11 is 11.8. The molecule has 0 saturated heterocycles. The van der Waals surface area contributed by atoms with Crippen LogP contribution >= 0.6 is 23.2 Å². The predicted octanol–water partition coefficient (Wildman–Crippen LogP) is 5.72. The van der Waals surface area contributed by atoms with Crippen molar-refractivity contribution in [1.29, 1.82) is 0 Å². The summed E-state index contributed by atoms with van der Waals surface area (Å²) in [7, 11) is 0. The number of carbonyl (C=O) groups is 1. The van der Waals surface area contributed by atoms with E-state index < -0.39 is 5.24 Å². The van der Waals surface area contributed by atoms with Gasteiger partial charge in [-0.25, -0.2) is 4.98 Å². The van der Waals surface area contributed by atoms with Gasteiger partial charge in [-0.3, -0.25) is 4.79 Å². The lowest BCUT2D eigenvalue weighted by molar-refractivity contribution is 0.108. The number of rotatable bonds is 5. The Labute approximate surface area is 150 Å². The monoisotopic (exact) mass is 359 g/mol. The molecule has 122 valence electrons. The number of hydrogen-bond donors (Lipinski definition) is 0. The maximum atomic E-state index is 11.8. The third-order valence-electron chi connectivity index (χ3n) is 3.61. The van der Waals surface area contributed by atoms with Crippen molar-refractivity contribution in [3.8, 4) is 17.0 Å². The van der Waals surface area contributed by atoms with Gasteiger partial charge in [0, 0.05) is 21.5 Å². The van der Waals surface area contributed by atoms with Crippen LogP contribution in [-0.4, -0.2) is 16.8 Å². The van der Waals surface area contributed by atoms with E-state index in [2.05, 4.69) is 11.9 Å². The van der Waals surface area contributed by atoms with Crippen LogP contribution < -0.4 is 4.74 Å². The predicted molar refractivity (Wildman–Crippen MR) is 98.2 cm³/mol. The molecule has 2 aromatic carbocycles. The van der Waals surface area contributed by atoms with Crippen LogP contribution in [0, 0.1) is 0 Å². The summed E-state index contributed by atoms with van der Waals surface area (Å²) in [6.07, 6.45) is 0.956. The number of carbonyl (C=O) groups excluding carboxylic acids is 1. The molecule has 0 aliphatic carbocycles. The van der Waals surface area contributed by atoms with E-state index >= 15 is 0 Å². The second-order valence-corrected chi connectivity index (χ2v) is 6.14. The summed E-state index contributed by atoms with van der Waals surface area (Å²) in [6, 6.07) is 14.5. The van der Waals surface area contributed by atoms with Gasteiger partial charge in [-0.15, -0.1) is 0 Å². The van der Waals surface area contributed by atoms with Gasteiger partial charge in [0.1, 0.15) is 5.75 Å². The number of fused-ring (bicyclic) bond motifs is 1. The van der Waals surface area contributed by atoms with Gasteiger partial charge in [-0.1, -0.05) is 18.5 Å². The van der Waals surface area contributed by atoms with Crippen molar-refractivity contribution in [2.24, 2.45) is 0 Å². The Morgan fingerprint density at radius 3 is 2.54 bits per heavy atom. The Morgan fingerprint density at radius 1 is 1.12 bits per heavy atom. The highest BCUT2D eigenvalue weighted by Crippen LogP contribution is 2.29. The Morgan fingerprint density at radius 2 is 1.88 bits per heavy atom. The summed E-state index contributed by atoms with van der Waals surface area (Å²) in [5.41, 5.74) is 2.63. The zero-order chi connectivity index (χ0) is 17.1. The molecule has 0 atom stereocenters. The van der Waals surface area contributed by atoms with E-state index in [4.69, 9.17) is 27.9 Å². The van der Waals surface area contributed by atoms with Crippen molar-refractivity contribution in [2.75, 3.05) is 6.61 Å². The van der Waals surface area contributed by atoms with Crippen molar-refractivity contribution < 1.29 is 9.53 Å². The maximum absolute atomic E-state index is 11.8. The van der Waals surface area contributed by atoms with E-state index in [1.165, 1.54) is 0 Å². The third-order valence-corrected chi connectivity index (χ3v) is 4.04. The quantitative estimate of drug-likeness (QED) is 0.546. The molecule has 0 aliphatic rings. The van der Waals surface area contributed by atoms with Gasteiger partial charge >= 0.3 is 0 Å². The molecule has 0 amide bonds. The van der Waals surface area contributed by atoms with Gasteiger partial charge in [0.15, 0.2) is 0 Å². The molecule has 0 unspecified atom stereocenters. The summed E-state index contributed by atoms with van der Waals surface area (Å²) in [5, 5.41) is 0.650. The van der Waals surface area contributed by atoms with E-state index in [0.717, 1.165) is 17.7 Å². The zero-order valence-electron chi connectivity index (χ0n) is 13.1. The lowest BCUT2D eigenvalue weighted by atomic mass is 10.0. The van der Waals surface area contributed by atoms with E-state index in [1.807, 2.05) is 24.3 Å². The second kappa shape index (κ2) is 7.20. The smallest absolute Gasteiger partial charge is 0.253 e. The van der Waals surface area contributed by atoms with Crippen LogP contribution in [0.2, 0.25) is 5.02 Å². The standard InChI is InChI=1S/C19H15Cl2NO2/c1-2-9-24-14-6-3-12(4-7-14)18-11-16(19(21)23)15-10-13(20)5-8-17(15)22-18/h3-8,10-11H,2,9H2,1H3. The van der Waals surface area contributed by atoms with E-state index in [-0.39, 0.29) is 0 Å². The molecule has 0 saturated carbocycles. The minimum Gasteiger partial charge on any atom is -0.494 e. The van der Waals surface area contributed by atoms with Crippen molar-refractivity contribution in [1.82, 2.24) is 4.98 Å². The van der Waals surface area contributed by atoms with E-state index in [1.54, 1.807) is 24.3 Å². The van der Waals surface area contributed by atoms with Crippen LogP contribution in [-0.2, 0) is 0 Å². The van der Waals surface area contributed by atoms with E-state index in [9.17, 15) is 4.79 Å². The number of ether oxygens (including phenoxy) is 1. The molecular formula is C19H15Cl2NO2. The number of hydrogen-bond acceptors (Lipinski definition) is 3. The topological polar surface area (TPSA) is 39.2 Å². The Balaban J connectivity index is 2.06. The van der Waals surface area contributed by atoms with E-state index in [0.29, 0.717) is 33.8 Å². The van der Waals surface area contributed by atoms with Gasteiger partial charge in [0.25, 0.3) is 5.24 Å². The number of pyridine rings is 1. The fraction of sp³-hybridized carbons (Fsp3) is 0.158. The van der Waals surface area contributed by atoms with Gasteiger partial charge in [0.2, 0.25) is 0 Å². The first-order chi connectivity index (χ1) is 11.6. The Hall–Kier alpha value is -2.10. The van der Waals surface area contributed by atoms with Crippen LogP contribution in [0.3, 0.4) is 0 Å². The molecule has 0 radical (unpaired) electrons. The minimum atomic E-state index is -0.534. The van der Waals surface area contributed by atoms with Gasteiger partial charge in [-0.2, -0.15) is 0 Å². The van der Waals surface area contributed by atoms with Gasteiger partial charge in [-0.05, 0) is 66.6 Å². The number of nitrogens with zero attached hydrogens (tertiary/aromatic N) is 1. The number of aromatic nitrogens is 1. The molecule has 0 bridgehead atoms. The fourth-order valence-electron chi connectivity index (χ4n) is 2.45. The average Bonchev–Trinajstić information content (AvgIpc) is 2.59. The van der Waals surface area contributed by atoms with Crippen molar-refractivity contribution >= 4 is 39.3 Å². The number of halogens is 2. The molecule has 0 N–H and O–H groups in total. The molecule has 1 aromatic heterocycles. The van der Waals surface area contributed by atoms with Gasteiger partial charge in [0.05, 0.1) is 17.8 Å². The highest BCUT2D eigenvalue weighted by molar-refractivity contribution is 6.68. The summed E-state index contributed by atoms with van der Waals surface area (Å²) in [4.78, 5) is 16.4. The highest BCUT2D eigenvalue weighted by atomic mass is 35.5. The van der Waals surface area contributed by atoms with Crippen LogP contribution in [0.5, 0.6) is 5.75 Å². The van der Waals surface area contributed by atoms with Crippen LogP contribution in [0.4, 0.5) is 0 Å². The van der Waals surface area contributed by atoms with Crippen LogP contribution in [0.1, 0.15) is 23.7 Å². The summed E-state index contributed by atoms with van der Waals surface area (Å²) < 4.78 is 5.58. The van der Waals surface area contributed by atoms with Crippen LogP contribution in [0.15, 0.2) is 48.5 Å². The largest absolute Gasteiger partial charge is 0.494 e. The minimum absolute atomic E-state index is 0.394. The summed E-state index contributed by atoms with van der Waals surface area (Å²) in [6.45, 7) is 2.74.